The van der Waals surface area contributed by atoms with Crippen LogP contribution in [0.5, 0.6) is 5.75 Å². The number of carbonyl (C=O) groups excluding carboxylic acids is 2. The van der Waals surface area contributed by atoms with Gasteiger partial charge in [0.25, 0.3) is 0 Å². The number of nitrogens with zero attached hydrogens (tertiary/aromatic N) is 5. The van der Waals surface area contributed by atoms with Crippen molar-refractivity contribution < 1.29 is 14.3 Å². The Morgan fingerprint density at radius 3 is 2.61 bits per heavy atom. The third-order valence-corrected chi connectivity index (χ3v) is 6.21. The standard InChI is InChI=1S/C21H25ClN6O3/c1-11-7-24-14(12(2)18(11)31-3)10-27-8-13(9-28-15(29)5-4-6-16(28)30)17-19(22)25-21(23)26-20(17)27/h7,13H,4-6,8-10H2,1-3H3,(H2,23,25,26). The summed E-state index contributed by atoms with van der Waals surface area (Å²) in [6, 6.07) is 0. The molecule has 0 saturated carbocycles. The van der Waals surface area contributed by atoms with E-state index in [1.807, 2.05) is 18.7 Å². The number of fused-ring (bicyclic) bond motifs is 1. The van der Waals surface area contributed by atoms with Crippen molar-refractivity contribution in [3.63, 3.8) is 0 Å². The highest BCUT2D eigenvalue weighted by Gasteiger charge is 2.38. The highest BCUT2D eigenvalue weighted by Crippen LogP contribution is 2.41. The molecule has 0 radical (unpaired) electrons. The molecule has 0 aromatic carbocycles. The van der Waals surface area contributed by atoms with Gasteiger partial charge in [-0.25, -0.2) is 4.98 Å². The van der Waals surface area contributed by atoms with E-state index in [1.165, 1.54) is 4.90 Å². The molecule has 0 spiro atoms. The van der Waals surface area contributed by atoms with Crippen LogP contribution in [0.25, 0.3) is 0 Å². The zero-order valence-electron chi connectivity index (χ0n) is 17.8. The summed E-state index contributed by atoms with van der Waals surface area (Å²) in [6.07, 6.45) is 3.14. The summed E-state index contributed by atoms with van der Waals surface area (Å²) < 4.78 is 5.53. The van der Waals surface area contributed by atoms with Gasteiger partial charge in [0.15, 0.2) is 0 Å². The average molecular weight is 445 g/mol. The molecular formula is C21H25ClN6O3. The molecule has 2 aromatic heterocycles. The number of ether oxygens (including phenoxy) is 1. The summed E-state index contributed by atoms with van der Waals surface area (Å²) in [5.74, 6) is 0.979. The Bertz CT molecular complexity index is 1040. The number of nitrogen functional groups attached to an aromatic ring is 1. The normalized spacial score (nSPS) is 18.5. The van der Waals surface area contributed by atoms with E-state index >= 15 is 0 Å². The SMILES string of the molecule is COc1c(C)cnc(CN2CC(CN3C(=O)CCCC3=O)c3c(Cl)nc(N)nc32)c1C. The molecule has 0 bridgehead atoms. The largest absolute Gasteiger partial charge is 0.496 e. The molecule has 164 valence electrons. The number of anilines is 2. The molecule has 4 rings (SSSR count). The van der Waals surface area contributed by atoms with Gasteiger partial charge in [0, 0.05) is 54.7 Å². The van der Waals surface area contributed by atoms with Gasteiger partial charge in [-0.3, -0.25) is 19.5 Å². The lowest BCUT2D eigenvalue weighted by atomic mass is 10.0. The molecular weight excluding hydrogens is 420 g/mol. The monoisotopic (exact) mass is 444 g/mol. The number of hydrogen-bond donors (Lipinski definition) is 1. The van der Waals surface area contributed by atoms with Crippen LogP contribution in [-0.2, 0) is 16.1 Å². The highest BCUT2D eigenvalue weighted by atomic mass is 35.5. The van der Waals surface area contributed by atoms with E-state index in [9.17, 15) is 9.59 Å². The second kappa shape index (κ2) is 8.30. The van der Waals surface area contributed by atoms with Gasteiger partial charge in [-0.15, -0.1) is 0 Å². The van der Waals surface area contributed by atoms with Crippen LogP contribution in [0.1, 0.15) is 47.6 Å². The summed E-state index contributed by atoms with van der Waals surface area (Å²) in [4.78, 5) is 41.2. The number of amides is 2. The number of hydrogen-bond acceptors (Lipinski definition) is 8. The second-order valence-electron chi connectivity index (χ2n) is 7.99. The van der Waals surface area contributed by atoms with E-state index in [2.05, 4.69) is 15.0 Å². The number of rotatable bonds is 5. The third kappa shape index (κ3) is 3.89. The molecule has 1 fully saturated rings. The predicted octanol–water partition coefficient (Wildman–Crippen LogP) is 2.38. The van der Waals surface area contributed by atoms with Crippen molar-refractivity contribution in [3.05, 3.63) is 33.7 Å². The lowest BCUT2D eigenvalue weighted by molar-refractivity contribution is -0.148. The van der Waals surface area contributed by atoms with Crippen molar-refractivity contribution in [1.82, 2.24) is 19.9 Å². The topological polar surface area (TPSA) is 115 Å². The molecule has 2 amide bonds. The molecule has 31 heavy (non-hydrogen) atoms. The van der Waals surface area contributed by atoms with E-state index in [-0.39, 0.29) is 35.4 Å². The summed E-state index contributed by atoms with van der Waals surface area (Å²) in [7, 11) is 1.64. The second-order valence-corrected chi connectivity index (χ2v) is 8.34. The number of aryl methyl sites for hydroxylation is 1. The van der Waals surface area contributed by atoms with Gasteiger partial charge in [-0.05, 0) is 20.3 Å². The maximum absolute atomic E-state index is 12.3. The molecule has 10 heteroatoms. The van der Waals surface area contributed by atoms with Crippen LogP contribution < -0.4 is 15.4 Å². The Labute approximate surface area is 185 Å². The van der Waals surface area contributed by atoms with E-state index in [4.69, 9.17) is 22.1 Å². The van der Waals surface area contributed by atoms with Gasteiger partial charge >= 0.3 is 0 Å². The number of nitrogens with two attached hydrogens (primary N) is 1. The fraction of sp³-hybridized carbons (Fsp3) is 0.476. The summed E-state index contributed by atoms with van der Waals surface area (Å²) in [5, 5.41) is 0.248. The minimum atomic E-state index is -0.207. The lowest BCUT2D eigenvalue weighted by Gasteiger charge is -2.28. The molecule has 2 aliphatic rings. The van der Waals surface area contributed by atoms with E-state index < -0.39 is 0 Å². The van der Waals surface area contributed by atoms with Crippen LogP contribution in [0.3, 0.4) is 0 Å². The summed E-state index contributed by atoms with van der Waals surface area (Å²) in [6.45, 7) is 5.14. The predicted molar refractivity (Wildman–Crippen MR) is 116 cm³/mol. The first-order valence-corrected chi connectivity index (χ1v) is 10.6. The Kier molecular flexibility index (Phi) is 5.70. The number of aromatic nitrogens is 3. The van der Waals surface area contributed by atoms with Gasteiger partial charge < -0.3 is 15.4 Å². The fourth-order valence-electron chi connectivity index (χ4n) is 4.41. The highest BCUT2D eigenvalue weighted by molar-refractivity contribution is 6.30. The number of pyridine rings is 1. The molecule has 9 nitrogen and oxygen atoms in total. The Hall–Kier alpha value is -2.94. The van der Waals surface area contributed by atoms with Crippen LogP contribution in [-0.4, -0.2) is 51.9 Å². The zero-order valence-corrected chi connectivity index (χ0v) is 18.6. The van der Waals surface area contributed by atoms with Crippen molar-refractivity contribution in [1.29, 1.82) is 0 Å². The van der Waals surface area contributed by atoms with E-state index in [1.54, 1.807) is 13.3 Å². The van der Waals surface area contributed by atoms with Crippen molar-refractivity contribution >= 4 is 35.2 Å². The third-order valence-electron chi connectivity index (χ3n) is 5.92. The van der Waals surface area contributed by atoms with Crippen molar-refractivity contribution in [2.45, 2.75) is 45.6 Å². The molecule has 1 unspecified atom stereocenters. The number of piperidine rings is 1. The minimum absolute atomic E-state index is 0.0747. The van der Waals surface area contributed by atoms with Crippen LogP contribution in [0.15, 0.2) is 6.20 Å². The number of likely N-dealkylation sites (tertiary alicyclic amines) is 1. The zero-order chi connectivity index (χ0) is 22.3. The van der Waals surface area contributed by atoms with Crippen molar-refractivity contribution in [2.75, 3.05) is 30.8 Å². The lowest BCUT2D eigenvalue weighted by Crippen LogP contribution is -2.43. The summed E-state index contributed by atoms with van der Waals surface area (Å²) in [5.41, 5.74) is 9.32. The molecule has 1 atom stereocenters. The molecule has 2 aliphatic heterocycles. The Morgan fingerprint density at radius 1 is 1.23 bits per heavy atom. The smallest absolute Gasteiger partial charge is 0.229 e. The molecule has 2 N–H and O–H groups in total. The minimum Gasteiger partial charge on any atom is -0.496 e. The molecule has 2 aromatic rings. The van der Waals surface area contributed by atoms with Crippen molar-refractivity contribution in [3.8, 4) is 5.75 Å². The molecule has 0 aliphatic carbocycles. The van der Waals surface area contributed by atoms with Crippen LogP contribution in [0.2, 0.25) is 5.15 Å². The van der Waals surface area contributed by atoms with Gasteiger partial charge in [-0.1, -0.05) is 11.6 Å². The van der Waals surface area contributed by atoms with E-state index in [0.29, 0.717) is 43.7 Å². The van der Waals surface area contributed by atoms with Crippen molar-refractivity contribution in [2.24, 2.45) is 0 Å². The number of imide groups is 1. The first-order chi connectivity index (χ1) is 14.8. The summed E-state index contributed by atoms with van der Waals surface area (Å²) >= 11 is 6.45. The Morgan fingerprint density at radius 2 is 1.94 bits per heavy atom. The van der Waals surface area contributed by atoms with Gasteiger partial charge in [0.05, 0.1) is 19.3 Å². The van der Waals surface area contributed by atoms with Gasteiger partial charge in [0.1, 0.15) is 16.7 Å². The average Bonchev–Trinajstić information content (AvgIpc) is 3.05. The van der Waals surface area contributed by atoms with Crippen LogP contribution in [0, 0.1) is 13.8 Å². The molecule has 4 heterocycles. The van der Waals surface area contributed by atoms with Gasteiger partial charge in [-0.2, -0.15) is 4.98 Å². The maximum Gasteiger partial charge on any atom is 0.229 e. The van der Waals surface area contributed by atoms with Gasteiger partial charge in [0.2, 0.25) is 17.8 Å². The number of carbonyl (C=O) groups is 2. The first-order valence-electron chi connectivity index (χ1n) is 10.2. The van der Waals surface area contributed by atoms with Crippen LogP contribution >= 0.6 is 11.6 Å². The quantitative estimate of drug-likeness (QED) is 0.552. The van der Waals surface area contributed by atoms with Crippen LogP contribution in [0.4, 0.5) is 11.8 Å². The maximum atomic E-state index is 12.3. The van der Waals surface area contributed by atoms with E-state index in [0.717, 1.165) is 22.6 Å². The number of halogens is 1. The fourth-order valence-corrected chi connectivity index (χ4v) is 4.73. The molecule has 1 saturated heterocycles. The Balaban J connectivity index is 1.67. The number of methoxy groups -OCH3 is 1. The first kappa shape index (κ1) is 21.3.